The molecule has 0 aliphatic rings. The van der Waals surface area contributed by atoms with Gasteiger partial charge in [-0.15, -0.1) is 0 Å². The van der Waals surface area contributed by atoms with Crippen LogP contribution in [0.4, 0.5) is 0 Å². The lowest BCUT2D eigenvalue weighted by Crippen LogP contribution is -2.33. The fourth-order valence-corrected chi connectivity index (χ4v) is 1.34. The van der Waals surface area contributed by atoms with E-state index in [4.69, 9.17) is 4.89 Å². The maximum absolute atomic E-state index is 10.9. The Morgan fingerprint density at radius 1 is 1.60 bits per heavy atom. The van der Waals surface area contributed by atoms with E-state index < -0.39 is 19.3 Å². The zero-order valence-electron chi connectivity index (χ0n) is 8.74. The van der Waals surface area contributed by atoms with Gasteiger partial charge in [0.1, 0.15) is 6.29 Å². The summed E-state index contributed by atoms with van der Waals surface area (Å²) in [6, 6.07) is -1.13. The molecule has 8 heteroatoms. The molecule has 0 fully saturated rings. The fourth-order valence-electron chi connectivity index (χ4n) is 0.738. The normalized spacial score (nSPS) is 17.9. The van der Waals surface area contributed by atoms with Crippen LogP contribution in [0.5, 0.6) is 0 Å². The average Bonchev–Trinajstić information content (AvgIpc) is 2.17. The van der Waals surface area contributed by atoms with E-state index in [2.05, 4.69) is 14.2 Å². The van der Waals surface area contributed by atoms with Crippen molar-refractivity contribution in [2.24, 2.45) is 10.6 Å². The highest BCUT2D eigenvalue weighted by Gasteiger charge is 2.34. The van der Waals surface area contributed by atoms with E-state index in [1.165, 1.54) is 13.8 Å². The molecule has 2 atom stereocenters. The van der Waals surface area contributed by atoms with Crippen molar-refractivity contribution in [3.8, 4) is 0 Å². The zero-order chi connectivity index (χ0) is 12.1. The summed E-state index contributed by atoms with van der Waals surface area (Å²) >= 11 is 0. The molecule has 0 aliphatic heterocycles. The van der Waals surface area contributed by atoms with Crippen molar-refractivity contribution in [2.45, 2.75) is 19.9 Å². The number of nitrogens with zero attached hydrogens (tertiary/aromatic N) is 1. The largest absolute Gasteiger partial charge is 0.471 e. The molecule has 0 saturated heterocycles. The van der Waals surface area contributed by atoms with Gasteiger partial charge in [0.15, 0.2) is 6.04 Å². The molecule has 0 saturated carbocycles. The van der Waals surface area contributed by atoms with Crippen LogP contribution in [0.25, 0.3) is 0 Å². The summed E-state index contributed by atoms with van der Waals surface area (Å²) in [7, 11) is -3.07. The van der Waals surface area contributed by atoms with Gasteiger partial charge in [0, 0.05) is 12.5 Å². The van der Waals surface area contributed by atoms with Crippen molar-refractivity contribution in [1.82, 2.24) is 0 Å². The number of carbonyl (C=O) groups is 1. The Morgan fingerprint density at radius 3 is 2.47 bits per heavy atom. The average molecular weight is 239 g/mol. The molecule has 0 aromatic rings. The first-order valence-corrected chi connectivity index (χ1v) is 5.59. The number of hydrogen-bond donors (Lipinski definition) is 1. The maximum Gasteiger partial charge on any atom is 0.471 e. The van der Waals surface area contributed by atoms with E-state index in [1.807, 2.05) is 0 Å². The minimum atomic E-state index is -4.09. The first kappa shape index (κ1) is 14.4. The third kappa shape index (κ3) is 4.61. The molecule has 0 heterocycles. The van der Waals surface area contributed by atoms with Crippen LogP contribution in [0.15, 0.2) is 5.18 Å². The van der Waals surface area contributed by atoms with Crippen LogP contribution < -0.4 is 0 Å². The van der Waals surface area contributed by atoms with E-state index in [0.29, 0.717) is 6.29 Å². The molecular formula is C7H14NO6P. The molecule has 15 heavy (non-hydrogen) atoms. The molecule has 0 radical (unpaired) electrons. The van der Waals surface area contributed by atoms with Crippen LogP contribution in [0.2, 0.25) is 0 Å². The second-order valence-electron chi connectivity index (χ2n) is 3.60. The van der Waals surface area contributed by atoms with Gasteiger partial charge in [-0.05, 0) is 0 Å². The molecule has 0 rings (SSSR count). The topological polar surface area (TPSA) is 102 Å². The molecule has 0 spiro atoms. The summed E-state index contributed by atoms with van der Waals surface area (Å²) in [4.78, 5) is 29.7. The van der Waals surface area contributed by atoms with Crippen LogP contribution in [0, 0.1) is 10.3 Å². The van der Waals surface area contributed by atoms with Crippen molar-refractivity contribution >= 4 is 14.1 Å². The standard InChI is InChI=1S/C7H14NO6P/c1-7(2,6(4-9)8-10)5-14-15(11,12)13-3/h4,6H,5H2,1-3H3,(H,11,12). The summed E-state index contributed by atoms with van der Waals surface area (Å²) in [5.41, 5.74) is -0.958. The third-order valence-corrected chi connectivity index (χ3v) is 2.79. The summed E-state index contributed by atoms with van der Waals surface area (Å²) in [6.07, 6.45) is 0.367. The fraction of sp³-hybridized carbons (Fsp3) is 0.857. The van der Waals surface area contributed by atoms with E-state index in [0.717, 1.165) is 7.11 Å². The van der Waals surface area contributed by atoms with Crippen LogP contribution in [0.1, 0.15) is 13.8 Å². The first-order chi connectivity index (χ1) is 6.79. The van der Waals surface area contributed by atoms with Gasteiger partial charge in [0.2, 0.25) is 0 Å². The second-order valence-corrected chi connectivity index (χ2v) is 5.16. The Balaban J connectivity index is 4.44. The first-order valence-electron chi connectivity index (χ1n) is 4.10. The van der Waals surface area contributed by atoms with Crippen molar-refractivity contribution in [3.63, 3.8) is 0 Å². The number of rotatable bonds is 7. The highest BCUT2D eigenvalue weighted by Crippen LogP contribution is 2.44. The smallest absolute Gasteiger partial charge is 0.303 e. The quantitative estimate of drug-likeness (QED) is 0.405. The lowest BCUT2D eigenvalue weighted by Gasteiger charge is -2.25. The molecule has 2 unspecified atom stereocenters. The number of hydrogen-bond acceptors (Lipinski definition) is 6. The Bertz CT molecular complexity index is 271. The Kier molecular flexibility index (Phi) is 5.23. The second kappa shape index (κ2) is 5.46. The molecule has 88 valence electrons. The van der Waals surface area contributed by atoms with Crippen LogP contribution in [0.3, 0.4) is 0 Å². The summed E-state index contributed by atoms with van der Waals surface area (Å²) in [5, 5.41) is 2.59. The van der Waals surface area contributed by atoms with Crippen LogP contribution in [-0.4, -0.2) is 30.9 Å². The Morgan fingerprint density at radius 2 is 2.13 bits per heavy atom. The van der Waals surface area contributed by atoms with E-state index >= 15 is 0 Å². The van der Waals surface area contributed by atoms with Crippen LogP contribution in [-0.2, 0) is 18.4 Å². The van der Waals surface area contributed by atoms with Gasteiger partial charge in [0.05, 0.1) is 6.61 Å². The SMILES string of the molecule is COP(=O)(O)OCC(C)(C)C(C=O)N=O. The van der Waals surface area contributed by atoms with Crippen molar-refractivity contribution in [2.75, 3.05) is 13.7 Å². The molecule has 7 nitrogen and oxygen atoms in total. The van der Waals surface area contributed by atoms with Gasteiger partial charge in [0.25, 0.3) is 0 Å². The molecule has 0 bridgehead atoms. The summed E-state index contributed by atoms with van der Waals surface area (Å²) in [5.74, 6) is 0. The molecule has 0 aromatic carbocycles. The highest BCUT2D eigenvalue weighted by atomic mass is 31.2. The van der Waals surface area contributed by atoms with Gasteiger partial charge in [-0.1, -0.05) is 19.0 Å². The molecular weight excluding hydrogens is 225 g/mol. The Hall–Kier alpha value is -0.620. The predicted octanol–water partition coefficient (Wildman–Crippen LogP) is 1.11. The van der Waals surface area contributed by atoms with Gasteiger partial charge >= 0.3 is 7.82 Å². The number of nitroso groups, excluding NO2 is 1. The van der Waals surface area contributed by atoms with Crippen LogP contribution >= 0.6 is 7.82 Å². The minimum absolute atomic E-state index is 0.288. The van der Waals surface area contributed by atoms with E-state index in [9.17, 15) is 14.3 Å². The summed E-state index contributed by atoms with van der Waals surface area (Å²) < 4.78 is 19.7. The molecule has 1 N–H and O–H groups in total. The maximum atomic E-state index is 10.9. The molecule has 0 aliphatic carbocycles. The number of phosphoric ester groups is 1. The zero-order valence-corrected chi connectivity index (χ0v) is 9.64. The molecule has 0 amide bonds. The number of phosphoric acid groups is 1. The number of aldehydes is 1. The minimum Gasteiger partial charge on any atom is -0.303 e. The van der Waals surface area contributed by atoms with E-state index in [1.54, 1.807) is 0 Å². The van der Waals surface area contributed by atoms with Gasteiger partial charge in [-0.3, -0.25) is 9.05 Å². The van der Waals surface area contributed by atoms with E-state index in [-0.39, 0.29) is 6.61 Å². The highest BCUT2D eigenvalue weighted by molar-refractivity contribution is 7.47. The van der Waals surface area contributed by atoms with Crippen molar-refractivity contribution < 1.29 is 23.3 Å². The van der Waals surface area contributed by atoms with Gasteiger partial charge in [-0.2, -0.15) is 4.91 Å². The number of carbonyl (C=O) groups excluding carboxylic acids is 1. The lowest BCUT2D eigenvalue weighted by atomic mass is 9.87. The van der Waals surface area contributed by atoms with Gasteiger partial charge < -0.3 is 9.69 Å². The van der Waals surface area contributed by atoms with Crippen molar-refractivity contribution in [3.05, 3.63) is 4.91 Å². The monoisotopic (exact) mass is 239 g/mol. The van der Waals surface area contributed by atoms with Crippen molar-refractivity contribution in [1.29, 1.82) is 0 Å². The Labute approximate surface area is 87.4 Å². The predicted molar refractivity (Wildman–Crippen MR) is 52.2 cm³/mol. The lowest BCUT2D eigenvalue weighted by molar-refractivity contribution is -0.111. The molecule has 0 aromatic heterocycles. The summed E-state index contributed by atoms with van der Waals surface area (Å²) in [6.45, 7) is 2.75. The van der Waals surface area contributed by atoms with Gasteiger partial charge in [-0.25, -0.2) is 4.57 Å². The third-order valence-electron chi connectivity index (χ3n) is 1.87.